The van der Waals surface area contributed by atoms with Crippen LogP contribution in [-0.2, 0) is 4.79 Å². The van der Waals surface area contributed by atoms with Gasteiger partial charge in [-0.1, -0.05) is 17.3 Å². The summed E-state index contributed by atoms with van der Waals surface area (Å²) >= 11 is 0. The number of nitrogens with zero attached hydrogens (tertiary/aromatic N) is 3. The number of aromatic nitrogens is 4. The van der Waals surface area contributed by atoms with Gasteiger partial charge in [-0.25, -0.2) is 0 Å². The third-order valence-corrected chi connectivity index (χ3v) is 4.37. The van der Waals surface area contributed by atoms with Crippen LogP contribution in [-0.4, -0.2) is 47.4 Å². The summed E-state index contributed by atoms with van der Waals surface area (Å²) in [5.74, 6) is 2.17. The molecule has 1 aromatic heterocycles. The predicted octanol–water partition coefficient (Wildman–Crippen LogP) is 2.38. The highest BCUT2D eigenvalue weighted by Crippen LogP contribution is 2.41. The summed E-state index contributed by atoms with van der Waals surface area (Å²) in [6.07, 6.45) is 2.56. The first-order valence-electron chi connectivity index (χ1n) is 9.05. The van der Waals surface area contributed by atoms with Crippen molar-refractivity contribution in [2.45, 2.75) is 6.10 Å². The van der Waals surface area contributed by atoms with Crippen LogP contribution in [0.3, 0.4) is 0 Å². The smallest absolute Gasteiger partial charge is 0.248 e. The topological polar surface area (TPSA) is 120 Å². The standard InChI is InChI=1S/C20H19N5O5/c1-27-14-8-6-12(10-16(14)28-2)7-9-18(26)21-13-4-3-5-15-19(13)30-17(11-29-15)20-22-24-25-23-20/h3-10,17H,11H2,1-2H3,(H,21,26)(H,22,23,24,25). The van der Waals surface area contributed by atoms with Crippen LogP contribution in [0.1, 0.15) is 17.5 Å². The van der Waals surface area contributed by atoms with Gasteiger partial charge in [0, 0.05) is 6.08 Å². The first-order chi connectivity index (χ1) is 14.7. The Morgan fingerprint density at radius 1 is 1.23 bits per heavy atom. The molecular formula is C20H19N5O5. The Hall–Kier alpha value is -4.08. The number of ether oxygens (including phenoxy) is 4. The van der Waals surface area contributed by atoms with Gasteiger partial charge in [0.2, 0.25) is 11.7 Å². The molecule has 0 saturated carbocycles. The molecule has 10 heteroatoms. The molecule has 1 atom stereocenters. The second-order valence-corrected chi connectivity index (χ2v) is 6.26. The van der Waals surface area contributed by atoms with Crippen molar-refractivity contribution in [3.8, 4) is 23.0 Å². The number of aromatic amines is 1. The number of hydrogen-bond donors (Lipinski definition) is 2. The van der Waals surface area contributed by atoms with E-state index in [0.29, 0.717) is 34.5 Å². The summed E-state index contributed by atoms with van der Waals surface area (Å²) in [6, 6.07) is 10.6. The van der Waals surface area contributed by atoms with E-state index in [1.165, 1.54) is 6.08 Å². The molecule has 1 aliphatic heterocycles. The molecule has 4 rings (SSSR count). The number of amides is 1. The highest BCUT2D eigenvalue weighted by Gasteiger charge is 2.28. The molecule has 10 nitrogen and oxygen atoms in total. The molecule has 1 amide bonds. The number of nitrogens with one attached hydrogen (secondary N) is 2. The van der Waals surface area contributed by atoms with Gasteiger partial charge in [-0.3, -0.25) is 4.79 Å². The fourth-order valence-corrected chi connectivity index (χ4v) is 2.93. The molecule has 0 radical (unpaired) electrons. The number of H-pyrrole nitrogens is 1. The summed E-state index contributed by atoms with van der Waals surface area (Å²) in [5, 5.41) is 16.6. The van der Waals surface area contributed by atoms with Crippen LogP contribution >= 0.6 is 0 Å². The Balaban J connectivity index is 1.49. The molecule has 30 heavy (non-hydrogen) atoms. The maximum atomic E-state index is 12.5. The van der Waals surface area contributed by atoms with E-state index in [1.807, 2.05) is 6.07 Å². The molecule has 0 aliphatic carbocycles. The zero-order valence-electron chi connectivity index (χ0n) is 16.3. The van der Waals surface area contributed by atoms with Crippen LogP contribution in [0.4, 0.5) is 5.69 Å². The molecule has 1 aliphatic rings. The van der Waals surface area contributed by atoms with E-state index in [0.717, 1.165) is 5.56 Å². The number of carbonyl (C=O) groups excluding carboxylic acids is 1. The van der Waals surface area contributed by atoms with Crippen molar-refractivity contribution in [2.75, 3.05) is 26.1 Å². The number of tetrazole rings is 1. The Morgan fingerprint density at radius 2 is 2.10 bits per heavy atom. The molecule has 2 aromatic carbocycles. The van der Waals surface area contributed by atoms with Gasteiger partial charge >= 0.3 is 0 Å². The molecule has 3 aromatic rings. The van der Waals surface area contributed by atoms with Crippen molar-refractivity contribution in [3.63, 3.8) is 0 Å². The van der Waals surface area contributed by atoms with Crippen LogP contribution in [0.2, 0.25) is 0 Å². The number of fused-ring (bicyclic) bond motifs is 1. The van der Waals surface area contributed by atoms with Crippen LogP contribution in [0.5, 0.6) is 23.0 Å². The average Bonchev–Trinajstić information content (AvgIpc) is 3.32. The Bertz CT molecular complexity index is 1070. The highest BCUT2D eigenvalue weighted by atomic mass is 16.6. The third kappa shape index (κ3) is 4.02. The molecule has 1 unspecified atom stereocenters. The van der Waals surface area contributed by atoms with E-state index < -0.39 is 6.10 Å². The molecule has 0 bridgehead atoms. The first kappa shape index (κ1) is 19.2. The van der Waals surface area contributed by atoms with Crippen molar-refractivity contribution < 1.29 is 23.7 Å². The lowest BCUT2D eigenvalue weighted by Gasteiger charge is -2.26. The maximum absolute atomic E-state index is 12.5. The maximum Gasteiger partial charge on any atom is 0.248 e. The number of para-hydroxylation sites is 1. The van der Waals surface area contributed by atoms with Crippen LogP contribution in [0.15, 0.2) is 42.5 Å². The Morgan fingerprint density at radius 3 is 2.87 bits per heavy atom. The van der Waals surface area contributed by atoms with Gasteiger partial charge in [0.1, 0.15) is 6.61 Å². The predicted molar refractivity (Wildman–Crippen MR) is 107 cm³/mol. The molecule has 2 N–H and O–H groups in total. The molecule has 154 valence electrons. The molecule has 2 heterocycles. The minimum Gasteiger partial charge on any atom is -0.493 e. The van der Waals surface area contributed by atoms with E-state index in [-0.39, 0.29) is 12.5 Å². The van der Waals surface area contributed by atoms with E-state index in [1.54, 1.807) is 50.6 Å². The SMILES string of the molecule is COc1ccc(C=CC(=O)Nc2cccc3c2OC(c2nn[nH]n2)CO3)cc1OC. The van der Waals surface area contributed by atoms with Crippen LogP contribution < -0.4 is 24.3 Å². The number of anilines is 1. The fourth-order valence-electron chi connectivity index (χ4n) is 2.93. The van der Waals surface area contributed by atoms with Gasteiger partial charge in [-0.15, -0.1) is 10.2 Å². The van der Waals surface area contributed by atoms with E-state index in [9.17, 15) is 4.79 Å². The molecular weight excluding hydrogens is 390 g/mol. The third-order valence-electron chi connectivity index (χ3n) is 4.37. The second-order valence-electron chi connectivity index (χ2n) is 6.26. The van der Waals surface area contributed by atoms with Crippen molar-refractivity contribution in [2.24, 2.45) is 0 Å². The van der Waals surface area contributed by atoms with Gasteiger partial charge in [-0.05, 0) is 35.9 Å². The summed E-state index contributed by atoms with van der Waals surface area (Å²) in [4.78, 5) is 12.5. The number of hydrogen-bond acceptors (Lipinski definition) is 8. The summed E-state index contributed by atoms with van der Waals surface area (Å²) in [6.45, 7) is 0.239. The van der Waals surface area contributed by atoms with Gasteiger partial charge < -0.3 is 24.3 Å². The Kier molecular flexibility index (Phi) is 5.46. The van der Waals surface area contributed by atoms with Crippen molar-refractivity contribution in [1.29, 1.82) is 0 Å². The monoisotopic (exact) mass is 409 g/mol. The minimum atomic E-state index is -0.531. The first-order valence-corrected chi connectivity index (χ1v) is 9.05. The van der Waals surface area contributed by atoms with Gasteiger partial charge in [0.05, 0.1) is 19.9 Å². The molecule has 0 fully saturated rings. The lowest BCUT2D eigenvalue weighted by molar-refractivity contribution is -0.111. The van der Waals surface area contributed by atoms with E-state index in [4.69, 9.17) is 18.9 Å². The lowest BCUT2D eigenvalue weighted by atomic mass is 10.2. The minimum absolute atomic E-state index is 0.239. The van der Waals surface area contributed by atoms with Crippen molar-refractivity contribution in [1.82, 2.24) is 20.6 Å². The van der Waals surface area contributed by atoms with Crippen molar-refractivity contribution >= 4 is 17.7 Å². The number of methoxy groups -OCH3 is 2. The Labute approximate surface area is 171 Å². The zero-order chi connectivity index (χ0) is 20.9. The highest BCUT2D eigenvalue weighted by molar-refractivity contribution is 6.03. The van der Waals surface area contributed by atoms with Gasteiger partial charge in [0.25, 0.3) is 0 Å². The largest absolute Gasteiger partial charge is 0.493 e. The summed E-state index contributed by atoms with van der Waals surface area (Å²) < 4.78 is 22.2. The van der Waals surface area contributed by atoms with Gasteiger partial charge in [0.15, 0.2) is 29.1 Å². The molecule has 0 spiro atoms. The summed E-state index contributed by atoms with van der Waals surface area (Å²) in [5.41, 5.74) is 1.26. The number of carbonyl (C=O) groups is 1. The van der Waals surface area contributed by atoms with E-state index >= 15 is 0 Å². The zero-order valence-corrected chi connectivity index (χ0v) is 16.3. The number of rotatable bonds is 6. The lowest BCUT2D eigenvalue weighted by Crippen LogP contribution is -2.24. The summed E-state index contributed by atoms with van der Waals surface area (Å²) in [7, 11) is 3.12. The average molecular weight is 409 g/mol. The number of benzene rings is 2. The van der Waals surface area contributed by atoms with Crippen LogP contribution in [0.25, 0.3) is 6.08 Å². The molecule has 0 saturated heterocycles. The normalized spacial score (nSPS) is 15.1. The van der Waals surface area contributed by atoms with Crippen LogP contribution in [0, 0.1) is 0 Å². The quantitative estimate of drug-likeness (QED) is 0.596. The van der Waals surface area contributed by atoms with Crippen molar-refractivity contribution in [3.05, 3.63) is 53.9 Å². The fraction of sp³-hybridized carbons (Fsp3) is 0.200. The second kappa shape index (κ2) is 8.52. The van der Waals surface area contributed by atoms with E-state index in [2.05, 4.69) is 25.9 Å². The van der Waals surface area contributed by atoms with Gasteiger partial charge in [-0.2, -0.15) is 5.21 Å².